The molecule has 0 aromatic carbocycles. The standard InChI is InChI=1S/C10H10N4O3S2/c11-13-10(15)7-3-4-12-6-8(7)14-19(16,17)9-2-1-5-18-9/h1-6,14H,11H2,(H,13,15). The van der Waals surface area contributed by atoms with Crippen molar-refractivity contribution < 1.29 is 13.2 Å². The van der Waals surface area contributed by atoms with E-state index in [0.29, 0.717) is 0 Å². The second kappa shape index (κ2) is 5.34. The van der Waals surface area contributed by atoms with Crippen LogP contribution < -0.4 is 16.0 Å². The topological polar surface area (TPSA) is 114 Å². The van der Waals surface area contributed by atoms with Crippen LogP contribution in [-0.4, -0.2) is 19.3 Å². The zero-order valence-electron chi connectivity index (χ0n) is 9.53. The maximum Gasteiger partial charge on any atom is 0.271 e. The smallest absolute Gasteiger partial charge is 0.271 e. The molecule has 0 saturated heterocycles. The molecule has 7 nitrogen and oxygen atoms in total. The van der Waals surface area contributed by atoms with Crippen LogP contribution in [0, 0.1) is 0 Å². The number of hydrogen-bond acceptors (Lipinski definition) is 6. The molecule has 0 aliphatic heterocycles. The van der Waals surface area contributed by atoms with Gasteiger partial charge in [-0.1, -0.05) is 6.07 Å². The van der Waals surface area contributed by atoms with Crippen LogP contribution in [0.15, 0.2) is 40.2 Å². The van der Waals surface area contributed by atoms with Crippen LogP contribution in [0.1, 0.15) is 10.4 Å². The van der Waals surface area contributed by atoms with Crippen LogP contribution in [0.25, 0.3) is 0 Å². The number of anilines is 1. The Hall–Kier alpha value is -1.97. The van der Waals surface area contributed by atoms with Crippen molar-refractivity contribution in [1.82, 2.24) is 10.4 Å². The van der Waals surface area contributed by atoms with Crippen molar-refractivity contribution in [1.29, 1.82) is 0 Å². The van der Waals surface area contributed by atoms with E-state index in [-0.39, 0.29) is 15.5 Å². The lowest BCUT2D eigenvalue weighted by molar-refractivity contribution is 0.0954. The highest BCUT2D eigenvalue weighted by Crippen LogP contribution is 2.21. The van der Waals surface area contributed by atoms with Gasteiger partial charge in [0, 0.05) is 6.20 Å². The van der Waals surface area contributed by atoms with Crippen LogP contribution in [0.2, 0.25) is 0 Å². The zero-order chi connectivity index (χ0) is 13.9. The lowest BCUT2D eigenvalue weighted by Gasteiger charge is -2.09. The van der Waals surface area contributed by atoms with Gasteiger partial charge in [0.05, 0.1) is 17.4 Å². The third kappa shape index (κ3) is 2.89. The number of sulfonamides is 1. The first-order valence-electron chi connectivity index (χ1n) is 5.06. The van der Waals surface area contributed by atoms with Gasteiger partial charge in [-0.3, -0.25) is 19.9 Å². The van der Waals surface area contributed by atoms with Gasteiger partial charge in [0.2, 0.25) is 0 Å². The fraction of sp³-hybridized carbons (Fsp3) is 0. The van der Waals surface area contributed by atoms with E-state index >= 15 is 0 Å². The van der Waals surface area contributed by atoms with Crippen LogP contribution >= 0.6 is 11.3 Å². The maximum atomic E-state index is 12.0. The third-order valence-corrected chi connectivity index (χ3v) is 4.96. The number of aromatic nitrogens is 1. The molecule has 2 rings (SSSR count). The van der Waals surface area contributed by atoms with Crippen molar-refractivity contribution in [3.63, 3.8) is 0 Å². The van der Waals surface area contributed by atoms with Crippen LogP contribution in [0.5, 0.6) is 0 Å². The summed E-state index contributed by atoms with van der Waals surface area (Å²) in [6.07, 6.45) is 2.61. The number of nitrogen functional groups attached to an aromatic ring is 1. The van der Waals surface area contributed by atoms with Crippen LogP contribution in [0.3, 0.4) is 0 Å². The number of carbonyl (C=O) groups is 1. The van der Waals surface area contributed by atoms with E-state index in [0.717, 1.165) is 11.3 Å². The summed E-state index contributed by atoms with van der Waals surface area (Å²) in [5.74, 6) is 4.43. The first-order chi connectivity index (χ1) is 9.04. The molecule has 4 N–H and O–H groups in total. The van der Waals surface area contributed by atoms with Crippen molar-refractivity contribution in [3.8, 4) is 0 Å². The summed E-state index contributed by atoms with van der Waals surface area (Å²) in [6.45, 7) is 0. The number of nitrogens with zero attached hydrogens (tertiary/aromatic N) is 1. The molecule has 0 fully saturated rings. The highest BCUT2D eigenvalue weighted by atomic mass is 32.2. The summed E-state index contributed by atoms with van der Waals surface area (Å²) < 4.78 is 26.5. The van der Waals surface area contributed by atoms with E-state index in [2.05, 4.69) is 9.71 Å². The minimum Gasteiger partial charge on any atom is -0.290 e. The molecule has 0 atom stereocenters. The van der Waals surface area contributed by atoms with Gasteiger partial charge >= 0.3 is 0 Å². The molecule has 0 unspecified atom stereocenters. The highest BCUT2D eigenvalue weighted by molar-refractivity contribution is 7.94. The molecular formula is C10H10N4O3S2. The molecule has 9 heteroatoms. The predicted molar refractivity (Wildman–Crippen MR) is 71.0 cm³/mol. The van der Waals surface area contributed by atoms with Gasteiger partial charge in [-0.2, -0.15) is 0 Å². The molecule has 100 valence electrons. The number of nitrogens with one attached hydrogen (secondary N) is 2. The van der Waals surface area contributed by atoms with Gasteiger partial charge < -0.3 is 0 Å². The van der Waals surface area contributed by atoms with Crippen molar-refractivity contribution in [2.45, 2.75) is 4.21 Å². The fourth-order valence-electron chi connectivity index (χ4n) is 1.36. The number of thiophene rings is 1. The average Bonchev–Trinajstić information content (AvgIpc) is 2.93. The Morgan fingerprint density at radius 3 is 2.79 bits per heavy atom. The number of amides is 1. The molecule has 0 aliphatic rings. The van der Waals surface area contributed by atoms with Gasteiger partial charge in [0.1, 0.15) is 4.21 Å². The average molecular weight is 298 g/mol. The van der Waals surface area contributed by atoms with Crippen LogP contribution in [-0.2, 0) is 10.0 Å². The summed E-state index contributed by atoms with van der Waals surface area (Å²) in [6, 6.07) is 4.45. The molecule has 0 aliphatic carbocycles. The Labute approximate surface area is 113 Å². The molecule has 1 amide bonds. The zero-order valence-corrected chi connectivity index (χ0v) is 11.2. The first-order valence-corrected chi connectivity index (χ1v) is 7.42. The lowest BCUT2D eigenvalue weighted by atomic mass is 10.2. The maximum absolute atomic E-state index is 12.0. The second-order valence-electron chi connectivity index (χ2n) is 3.43. The molecule has 2 aromatic rings. The molecule has 2 aromatic heterocycles. The summed E-state index contributed by atoms with van der Waals surface area (Å²) in [5, 5.41) is 1.64. The molecule has 2 heterocycles. The Balaban J connectivity index is 2.37. The van der Waals surface area contributed by atoms with E-state index < -0.39 is 15.9 Å². The predicted octanol–water partition coefficient (Wildman–Crippen LogP) is 0.547. The molecular weight excluding hydrogens is 288 g/mol. The third-order valence-electron chi connectivity index (χ3n) is 2.20. The number of carbonyl (C=O) groups excluding carboxylic acids is 1. The summed E-state index contributed by atoms with van der Waals surface area (Å²) >= 11 is 1.07. The summed E-state index contributed by atoms with van der Waals surface area (Å²) in [7, 11) is -3.73. The Bertz CT molecular complexity index is 683. The summed E-state index contributed by atoms with van der Waals surface area (Å²) in [5.41, 5.74) is 2.11. The highest BCUT2D eigenvalue weighted by Gasteiger charge is 2.19. The van der Waals surface area contributed by atoms with E-state index in [1.54, 1.807) is 11.4 Å². The molecule has 0 bridgehead atoms. The number of nitrogens with two attached hydrogens (primary N) is 1. The lowest BCUT2D eigenvalue weighted by Crippen LogP contribution is -2.31. The van der Waals surface area contributed by atoms with Crippen LogP contribution in [0.4, 0.5) is 5.69 Å². The Kier molecular flexibility index (Phi) is 3.79. The van der Waals surface area contributed by atoms with E-state index in [9.17, 15) is 13.2 Å². The van der Waals surface area contributed by atoms with Crippen molar-refractivity contribution in [2.24, 2.45) is 5.84 Å². The van der Waals surface area contributed by atoms with Crippen molar-refractivity contribution in [3.05, 3.63) is 41.5 Å². The molecule has 0 radical (unpaired) electrons. The Morgan fingerprint density at radius 1 is 1.37 bits per heavy atom. The largest absolute Gasteiger partial charge is 0.290 e. The monoisotopic (exact) mass is 298 g/mol. The molecule has 0 spiro atoms. The van der Waals surface area contributed by atoms with Gasteiger partial charge in [-0.05, 0) is 17.5 Å². The number of pyridine rings is 1. The van der Waals surface area contributed by atoms with E-state index in [4.69, 9.17) is 5.84 Å². The molecule has 0 saturated carbocycles. The number of rotatable bonds is 4. The SMILES string of the molecule is NNC(=O)c1ccncc1NS(=O)(=O)c1cccs1. The van der Waals surface area contributed by atoms with E-state index in [1.165, 1.54) is 24.5 Å². The fourth-order valence-corrected chi connectivity index (χ4v) is 3.42. The quantitative estimate of drug-likeness (QED) is 0.433. The van der Waals surface area contributed by atoms with Crippen molar-refractivity contribution in [2.75, 3.05) is 4.72 Å². The van der Waals surface area contributed by atoms with Gasteiger partial charge in [0.25, 0.3) is 15.9 Å². The van der Waals surface area contributed by atoms with Gasteiger partial charge in [0.15, 0.2) is 0 Å². The Morgan fingerprint density at radius 2 is 2.16 bits per heavy atom. The molecule has 19 heavy (non-hydrogen) atoms. The number of hydrazine groups is 1. The number of hydrogen-bond donors (Lipinski definition) is 3. The van der Waals surface area contributed by atoms with Crippen molar-refractivity contribution >= 4 is 33.0 Å². The van der Waals surface area contributed by atoms with Gasteiger partial charge in [-0.25, -0.2) is 14.3 Å². The minimum atomic E-state index is -3.73. The second-order valence-corrected chi connectivity index (χ2v) is 6.29. The first kappa shape index (κ1) is 13.5. The normalized spacial score (nSPS) is 11.0. The minimum absolute atomic E-state index is 0.0684. The summed E-state index contributed by atoms with van der Waals surface area (Å²) in [4.78, 5) is 15.3. The van der Waals surface area contributed by atoms with Gasteiger partial charge in [-0.15, -0.1) is 11.3 Å². The van der Waals surface area contributed by atoms with E-state index in [1.807, 2.05) is 5.43 Å².